The number of hydrogen-bond donors (Lipinski definition) is 0. The van der Waals surface area contributed by atoms with Crippen LogP contribution in [-0.4, -0.2) is 72.9 Å². The molecule has 0 aromatic carbocycles. The maximum atomic E-state index is 6.19. The Labute approximate surface area is 138 Å². The third kappa shape index (κ3) is 3.74. The van der Waals surface area contributed by atoms with Crippen LogP contribution in [0, 0.1) is 5.92 Å². The first-order valence-corrected chi connectivity index (χ1v) is 8.93. The normalized spacial score (nSPS) is 31.0. The molecule has 2 atom stereocenters. The van der Waals surface area contributed by atoms with Crippen LogP contribution in [-0.2, 0) is 16.0 Å². The van der Waals surface area contributed by atoms with Gasteiger partial charge in [0.1, 0.15) is 0 Å². The molecule has 3 aliphatic rings. The average Bonchev–Trinajstić information content (AvgIpc) is 2.90. The quantitative estimate of drug-likeness (QED) is 0.842. The Bertz CT molecular complexity index is 492. The van der Waals surface area contributed by atoms with Gasteiger partial charge in [-0.15, -0.1) is 0 Å². The Morgan fingerprint density at radius 3 is 2.87 bits per heavy atom. The number of aromatic nitrogens is 1. The molecule has 3 aliphatic heterocycles. The molecule has 0 spiro atoms. The van der Waals surface area contributed by atoms with Gasteiger partial charge in [0, 0.05) is 70.3 Å². The molecule has 3 saturated heterocycles. The van der Waals surface area contributed by atoms with Crippen molar-refractivity contribution >= 4 is 0 Å². The third-order valence-electron chi connectivity index (χ3n) is 5.48. The van der Waals surface area contributed by atoms with Crippen molar-refractivity contribution in [2.75, 3.05) is 46.0 Å². The number of ether oxygens (including phenoxy) is 2. The van der Waals surface area contributed by atoms with Crippen molar-refractivity contribution in [1.82, 2.24) is 14.8 Å². The lowest BCUT2D eigenvalue weighted by Crippen LogP contribution is -2.39. The summed E-state index contributed by atoms with van der Waals surface area (Å²) in [6.45, 7) is 8.13. The smallest absolute Gasteiger partial charge is 0.0755 e. The van der Waals surface area contributed by atoms with Crippen molar-refractivity contribution in [1.29, 1.82) is 0 Å². The predicted octanol–water partition coefficient (Wildman–Crippen LogP) is 1.39. The molecule has 4 rings (SSSR count). The molecule has 0 unspecified atom stereocenters. The lowest BCUT2D eigenvalue weighted by atomic mass is 10.1. The van der Waals surface area contributed by atoms with E-state index in [1.165, 1.54) is 24.9 Å². The van der Waals surface area contributed by atoms with Gasteiger partial charge in [0.05, 0.1) is 12.7 Å². The van der Waals surface area contributed by atoms with E-state index >= 15 is 0 Å². The molecule has 5 nitrogen and oxygen atoms in total. The SMILES string of the molecule is c1cncc(CN2CCO[C@H]3CN(C4CCOCC4)C[C@H]3C2)c1. The van der Waals surface area contributed by atoms with Crippen molar-refractivity contribution in [3.8, 4) is 0 Å². The van der Waals surface area contributed by atoms with Crippen LogP contribution in [0.3, 0.4) is 0 Å². The summed E-state index contributed by atoms with van der Waals surface area (Å²) in [5.74, 6) is 0.636. The summed E-state index contributed by atoms with van der Waals surface area (Å²) in [7, 11) is 0. The minimum atomic E-state index is 0.414. The maximum absolute atomic E-state index is 6.19. The van der Waals surface area contributed by atoms with Gasteiger partial charge < -0.3 is 9.47 Å². The van der Waals surface area contributed by atoms with Crippen LogP contribution in [0.15, 0.2) is 24.5 Å². The average molecular weight is 317 g/mol. The van der Waals surface area contributed by atoms with Crippen LogP contribution in [0.2, 0.25) is 0 Å². The summed E-state index contributed by atoms with van der Waals surface area (Å²) >= 11 is 0. The van der Waals surface area contributed by atoms with E-state index < -0.39 is 0 Å². The number of fused-ring (bicyclic) bond motifs is 1. The van der Waals surface area contributed by atoms with E-state index in [1.54, 1.807) is 0 Å². The summed E-state index contributed by atoms with van der Waals surface area (Å²) in [5.41, 5.74) is 1.30. The highest BCUT2D eigenvalue weighted by atomic mass is 16.5. The van der Waals surface area contributed by atoms with Crippen LogP contribution in [0.25, 0.3) is 0 Å². The highest BCUT2D eigenvalue weighted by Gasteiger charge is 2.39. The van der Waals surface area contributed by atoms with Crippen molar-refractivity contribution in [2.24, 2.45) is 5.92 Å². The molecule has 0 N–H and O–H groups in total. The first-order valence-electron chi connectivity index (χ1n) is 8.93. The van der Waals surface area contributed by atoms with E-state index in [2.05, 4.69) is 20.9 Å². The molecule has 4 heterocycles. The van der Waals surface area contributed by atoms with Crippen molar-refractivity contribution in [3.05, 3.63) is 30.1 Å². The van der Waals surface area contributed by atoms with Crippen LogP contribution in [0.1, 0.15) is 18.4 Å². The molecule has 0 aliphatic carbocycles. The summed E-state index contributed by atoms with van der Waals surface area (Å²) in [6.07, 6.45) is 6.59. The Kier molecular flexibility index (Phi) is 4.90. The maximum Gasteiger partial charge on any atom is 0.0755 e. The van der Waals surface area contributed by atoms with Crippen LogP contribution >= 0.6 is 0 Å². The zero-order valence-corrected chi connectivity index (χ0v) is 13.8. The fourth-order valence-electron chi connectivity index (χ4n) is 4.24. The van der Waals surface area contributed by atoms with Gasteiger partial charge in [0.2, 0.25) is 0 Å². The molecule has 0 amide bonds. The minimum absolute atomic E-state index is 0.414. The van der Waals surface area contributed by atoms with Crippen LogP contribution < -0.4 is 0 Å². The third-order valence-corrected chi connectivity index (χ3v) is 5.48. The van der Waals surface area contributed by atoms with Crippen molar-refractivity contribution in [2.45, 2.75) is 31.5 Å². The molecule has 126 valence electrons. The first kappa shape index (κ1) is 15.5. The summed E-state index contributed by atoms with van der Waals surface area (Å²) in [6, 6.07) is 4.89. The second-order valence-corrected chi connectivity index (χ2v) is 7.06. The minimum Gasteiger partial charge on any atom is -0.381 e. The van der Waals surface area contributed by atoms with Gasteiger partial charge in [-0.3, -0.25) is 14.8 Å². The van der Waals surface area contributed by atoms with E-state index in [1.807, 2.05) is 18.5 Å². The molecule has 0 bridgehead atoms. The summed E-state index contributed by atoms with van der Waals surface area (Å²) < 4.78 is 11.7. The zero-order chi connectivity index (χ0) is 15.5. The Morgan fingerprint density at radius 1 is 1.13 bits per heavy atom. The van der Waals surface area contributed by atoms with E-state index in [-0.39, 0.29) is 0 Å². The Morgan fingerprint density at radius 2 is 2.04 bits per heavy atom. The molecule has 0 radical (unpaired) electrons. The summed E-state index contributed by atoms with van der Waals surface area (Å²) in [5, 5.41) is 0. The zero-order valence-electron chi connectivity index (χ0n) is 13.8. The first-order chi connectivity index (χ1) is 11.4. The highest BCUT2D eigenvalue weighted by molar-refractivity contribution is 5.08. The largest absolute Gasteiger partial charge is 0.381 e. The summed E-state index contributed by atoms with van der Waals surface area (Å²) in [4.78, 5) is 9.43. The van der Waals surface area contributed by atoms with E-state index in [0.29, 0.717) is 18.1 Å². The highest BCUT2D eigenvalue weighted by Crippen LogP contribution is 2.28. The fourth-order valence-corrected chi connectivity index (χ4v) is 4.24. The molecular weight excluding hydrogens is 290 g/mol. The number of likely N-dealkylation sites (tertiary alicyclic amines) is 1. The van der Waals surface area contributed by atoms with E-state index in [9.17, 15) is 0 Å². The number of rotatable bonds is 3. The number of pyridine rings is 1. The van der Waals surface area contributed by atoms with Gasteiger partial charge in [0.15, 0.2) is 0 Å². The number of hydrogen-bond acceptors (Lipinski definition) is 5. The lowest BCUT2D eigenvalue weighted by molar-refractivity contribution is 0.0243. The Hall–Kier alpha value is -1.01. The van der Waals surface area contributed by atoms with Gasteiger partial charge >= 0.3 is 0 Å². The Balaban J connectivity index is 1.36. The second-order valence-electron chi connectivity index (χ2n) is 7.06. The van der Waals surface area contributed by atoms with Crippen LogP contribution in [0.4, 0.5) is 0 Å². The van der Waals surface area contributed by atoms with Gasteiger partial charge in [-0.25, -0.2) is 0 Å². The molecule has 3 fully saturated rings. The lowest BCUT2D eigenvalue weighted by Gasteiger charge is -2.31. The molecule has 5 heteroatoms. The van der Waals surface area contributed by atoms with Crippen molar-refractivity contribution < 1.29 is 9.47 Å². The van der Waals surface area contributed by atoms with E-state index in [4.69, 9.17) is 9.47 Å². The molecule has 1 aromatic heterocycles. The topological polar surface area (TPSA) is 37.8 Å². The molecule has 0 saturated carbocycles. The second kappa shape index (κ2) is 7.26. The standard InChI is InChI=1S/C18H27N3O2/c1-2-15(10-19-5-1)11-20-6-9-23-18-14-21(13-16(18)12-20)17-3-7-22-8-4-17/h1-2,5,10,16-18H,3-4,6-9,11-14H2/t16-,18+/m1/s1. The molecular formula is C18H27N3O2. The number of nitrogens with zero attached hydrogens (tertiary/aromatic N) is 3. The van der Waals surface area contributed by atoms with Gasteiger partial charge in [-0.1, -0.05) is 6.07 Å². The molecule has 1 aromatic rings. The predicted molar refractivity (Wildman–Crippen MR) is 88.2 cm³/mol. The van der Waals surface area contributed by atoms with Gasteiger partial charge in [0.25, 0.3) is 0 Å². The van der Waals surface area contributed by atoms with Gasteiger partial charge in [-0.05, 0) is 24.5 Å². The monoisotopic (exact) mass is 317 g/mol. The van der Waals surface area contributed by atoms with Gasteiger partial charge in [-0.2, -0.15) is 0 Å². The molecule has 23 heavy (non-hydrogen) atoms. The fraction of sp³-hybridized carbons (Fsp3) is 0.722. The van der Waals surface area contributed by atoms with E-state index in [0.717, 1.165) is 46.0 Å². The van der Waals surface area contributed by atoms with Crippen LogP contribution in [0.5, 0.6) is 0 Å². The van der Waals surface area contributed by atoms with Crippen molar-refractivity contribution in [3.63, 3.8) is 0 Å².